The fourth-order valence-corrected chi connectivity index (χ4v) is 3.78. The van der Waals surface area contributed by atoms with Crippen LogP contribution in [0.25, 0.3) is 11.1 Å². The van der Waals surface area contributed by atoms with Crippen molar-refractivity contribution in [2.45, 2.75) is 31.7 Å². The number of aryl methyl sites for hydroxylation is 1. The van der Waals surface area contributed by atoms with E-state index in [0.29, 0.717) is 22.6 Å². The van der Waals surface area contributed by atoms with E-state index >= 15 is 0 Å². The summed E-state index contributed by atoms with van der Waals surface area (Å²) in [7, 11) is 1.62. The number of hydrogen-bond donors (Lipinski definition) is 1. The van der Waals surface area contributed by atoms with Crippen LogP contribution in [-0.4, -0.2) is 15.5 Å². The number of thiazole rings is 1. The van der Waals surface area contributed by atoms with Crippen LogP contribution in [-0.2, 0) is 7.05 Å². The van der Waals surface area contributed by atoms with Gasteiger partial charge in [0.05, 0.1) is 27.8 Å². The van der Waals surface area contributed by atoms with E-state index in [1.807, 2.05) is 12.3 Å². The molecule has 0 saturated heterocycles. The van der Waals surface area contributed by atoms with Crippen molar-refractivity contribution >= 4 is 28.3 Å². The summed E-state index contributed by atoms with van der Waals surface area (Å²) in [4.78, 5) is 28.9. The highest BCUT2D eigenvalue weighted by Crippen LogP contribution is 2.41. The molecule has 0 unspecified atom stereocenters. The highest BCUT2D eigenvalue weighted by molar-refractivity contribution is 7.09. The second-order valence-corrected chi connectivity index (χ2v) is 7.05. The van der Waals surface area contributed by atoms with E-state index in [0.717, 1.165) is 10.7 Å². The van der Waals surface area contributed by atoms with Crippen molar-refractivity contribution in [3.8, 4) is 0 Å². The lowest BCUT2D eigenvalue weighted by Crippen LogP contribution is -2.27. The van der Waals surface area contributed by atoms with Crippen LogP contribution in [0.2, 0.25) is 0 Å². The molecule has 0 bridgehead atoms. The first kappa shape index (κ1) is 15.1. The standard InChI is InChI=1S/C17H17N3O3S/c1-9(12-8-24-16(19-12)10-6-7-10)18-15(21)11-4-3-5-13-14(11)23-17(22)20(13)2/h3-5,8-10H,6-7H2,1-2H3,(H,18,21)/t9-/m1/s1. The van der Waals surface area contributed by atoms with Crippen LogP contribution < -0.4 is 11.1 Å². The first-order chi connectivity index (χ1) is 11.5. The predicted molar refractivity (Wildman–Crippen MR) is 91.4 cm³/mol. The van der Waals surface area contributed by atoms with Gasteiger partial charge < -0.3 is 9.73 Å². The zero-order chi connectivity index (χ0) is 16.8. The smallest absolute Gasteiger partial charge is 0.407 e. The minimum Gasteiger partial charge on any atom is -0.407 e. The molecule has 1 aliphatic rings. The van der Waals surface area contributed by atoms with Gasteiger partial charge in [-0.1, -0.05) is 6.07 Å². The average Bonchev–Trinajstić information content (AvgIpc) is 3.22. The number of amides is 1. The van der Waals surface area contributed by atoms with Gasteiger partial charge in [-0.3, -0.25) is 9.36 Å². The maximum absolute atomic E-state index is 12.6. The number of benzene rings is 1. The Balaban J connectivity index is 1.59. The van der Waals surface area contributed by atoms with Crippen LogP contribution in [0, 0.1) is 0 Å². The molecule has 6 nitrogen and oxygen atoms in total. The van der Waals surface area contributed by atoms with Crippen molar-refractivity contribution in [2.75, 3.05) is 0 Å². The number of nitrogens with zero attached hydrogens (tertiary/aromatic N) is 2. The zero-order valence-electron chi connectivity index (χ0n) is 13.4. The fourth-order valence-electron chi connectivity index (χ4n) is 2.69. The molecule has 124 valence electrons. The van der Waals surface area contributed by atoms with E-state index < -0.39 is 5.76 Å². The van der Waals surface area contributed by atoms with Gasteiger partial charge in [0.15, 0.2) is 5.58 Å². The molecule has 3 aromatic rings. The molecular weight excluding hydrogens is 326 g/mol. The molecule has 24 heavy (non-hydrogen) atoms. The van der Waals surface area contributed by atoms with Crippen LogP contribution in [0.4, 0.5) is 0 Å². The van der Waals surface area contributed by atoms with Gasteiger partial charge >= 0.3 is 5.76 Å². The summed E-state index contributed by atoms with van der Waals surface area (Å²) < 4.78 is 6.60. The SMILES string of the molecule is C[C@@H](NC(=O)c1cccc2c1oc(=O)n2C)c1csc(C2CC2)n1. The third kappa shape index (κ3) is 2.54. The van der Waals surface area contributed by atoms with E-state index in [1.54, 1.807) is 36.6 Å². The number of oxazole rings is 1. The largest absolute Gasteiger partial charge is 0.419 e. The maximum atomic E-state index is 12.6. The molecule has 2 heterocycles. The van der Waals surface area contributed by atoms with Crippen LogP contribution in [0.3, 0.4) is 0 Å². The Morgan fingerprint density at radius 3 is 3.00 bits per heavy atom. The number of carbonyl (C=O) groups is 1. The Kier molecular flexibility index (Phi) is 3.53. The summed E-state index contributed by atoms with van der Waals surface area (Å²) >= 11 is 1.65. The molecule has 1 atom stereocenters. The normalized spacial score (nSPS) is 15.6. The first-order valence-corrected chi connectivity index (χ1v) is 8.77. The lowest BCUT2D eigenvalue weighted by atomic mass is 10.1. The van der Waals surface area contributed by atoms with Crippen LogP contribution in [0.15, 0.2) is 32.8 Å². The van der Waals surface area contributed by atoms with Crippen LogP contribution in [0.1, 0.15) is 52.8 Å². The first-order valence-electron chi connectivity index (χ1n) is 7.89. The highest BCUT2D eigenvalue weighted by Gasteiger charge is 2.27. The topological polar surface area (TPSA) is 77.1 Å². The lowest BCUT2D eigenvalue weighted by Gasteiger charge is -2.11. The van der Waals surface area contributed by atoms with Crippen molar-refractivity contribution in [2.24, 2.45) is 7.05 Å². The molecule has 1 amide bonds. The molecule has 0 spiro atoms. The Labute approximate surface area is 142 Å². The molecule has 4 rings (SSSR count). The zero-order valence-corrected chi connectivity index (χ0v) is 14.2. The maximum Gasteiger partial charge on any atom is 0.419 e. The number of rotatable bonds is 4. The number of nitrogens with one attached hydrogen (secondary N) is 1. The molecule has 1 N–H and O–H groups in total. The number of para-hydroxylation sites is 1. The monoisotopic (exact) mass is 343 g/mol. The van der Waals surface area contributed by atoms with E-state index in [1.165, 1.54) is 17.4 Å². The molecule has 2 aromatic heterocycles. The molecule has 1 saturated carbocycles. The number of fused-ring (bicyclic) bond motifs is 1. The second kappa shape index (κ2) is 5.59. The van der Waals surface area contributed by atoms with Crippen LogP contribution in [0.5, 0.6) is 0 Å². The van der Waals surface area contributed by atoms with Crippen molar-refractivity contribution < 1.29 is 9.21 Å². The van der Waals surface area contributed by atoms with E-state index in [9.17, 15) is 9.59 Å². The highest BCUT2D eigenvalue weighted by atomic mass is 32.1. The van der Waals surface area contributed by atoms with Gasteiger partial charge in [0.1, 0.15) is 0 Å². The summed E-state index contributed by atoms with van der Waals surface area (Å²) in [6.07, 6.45) is 2.42. The Morgan fingerprint density at radius 2 is 2.25 bits per heavy atom. The van der Waals surface area contributed by atoms with Crippen molar-refractivity contribution in [3.63, 3.8) is 0 Å². The van der Waals surface area contributed by atoms with E-state index in [4.69, 9.17) is 4.42 Å². The molecule has 1 fully saturated rings. The van der Waals surface area contributed by atoms with Crippen LogP contribution >= 0.6 is 11.3 Å². The Hall–Kier alpha value is -2.41. The second-order valence-electron chi connectivity index (χ2n) is 6.16. The Bertz CT molecular complexity index is 981. The van der Waals surface area contributed by atoms with Crippen molar-refractivity contribution in [1.29, 1.82) is 0 Å². The van der Waals surface area contributed by atoms with Gasteiger partial charge in [-0.25, -0.2) is 9.78 Å². The summed E-state index contributed by atoms with van der Waals surface area (Å²) in [5.41, 5.74) is 2.14. The van der Waals surface area contributed by atoms with Gasteiger partial charge in [-0.05, 0) is 31.9 Å². The quantitative estimate of drug-likeness (QED) is 0.790. The molecule has 0 aliphatic heterocycles. The van der Waals surface area contributed by atoms with Crippen molar-refractivity contribution in [3.05, 3.63) is 50.4 Å². The third-order valence-electron chi connectivity index (χ3n) is 4.32. The molecule has 0 radical (unpaired) electrons. The summed E-state index contributed by atoms with van der Waals surface area (Å²) in [5, 5.41) is 6.10. The van der Waals surface area contributed by atoms with E-state index in [2.05, 4.69) is 10.3 Å². The number of aromatic nitrogens is 2. The van der Waals surface area contributed by atoms with Gasteiger partial charge in [-0.2, -0.15) is 0 Å². The van der Waals surface area contributed by atoms with Gasteiger partial charge in [0, 0.05) is 18.3 Å². The average molecular weight is 343 g/mol. The third-order valence-corrected chi connectivity index (χ3v) is 5.35. The number of hydrogen-bond acceptors (Lipinski definition) is 5. The summed E-state index contributed by atoms with van der Waals surface area (Å²) in [6.45, 7) is 1.91. The molecular formula is C17H17N3O3S. The lowest BCUT2D eigenvalue weighted by molar-refractivity contribution is 0.0940. The summed E-state index contributed by atoms with van der Waals surface area (Å²) in [6, 6.07) is 4.95. The fraction of sp³-hybridized carbons (Fsp3) is 0.353. The molecule has 7 heteroatoms. The van der Waals surface area contributed by atoms with Gasteiger partial charge in [0.2, 0.25) is 0 Å². The molecule has 1 aliphatic carbocycles. The predicted octanol–water partition coefficient (Wildman–Crippen LogP) is 2.96. The minimum atomic E-state index is -0.480. The van der Waals surface area contributed by atoms with Gasteiger partial charge in [-0.15, -0.1) is 11.3 Å². The van der Waals surface area contributed by atoms with E-state index in [-0.39, 0.29) is 11.9 Å². The van der Waals surface area contributed by atoms with Crippen molar-refractivity contribution in [1.82, 2.24) is 14.9 Å². The Morgan fingerprint density at radius 1 is 1.46 bits per heavy atom. The minimum absolute atomic E-state index is 0.202. The molecule has 1 aromatic carbocycles. The van der Waals surface area contributed by atoms with Gasteiger partial charge in [0.25, 0.3) is 5.91 Å². The summed E-state index contributed by atoms with van der Waals surface area (Å²) in [5.74, 6) is -0.144. The number of carbonyl (C=O) groups excluding carboxylic acids is 1.